The number of hydrogen-bond acceptors (Lipinski definition) is 4. The van der Waals surface area contributed by atoms with Crippen LogP contribution in [0.4, 0.5) is 11.4 Å². The zero-order chi connectivity index (χ0) is 24.0. The van der Waals surface area contributed by atoms with Crippen molar-refractivity contribution in [3.8, 4) is 5.75 Å². The highest BCUT2D eigenvalue weighted by Crippen LogP contribution is 2.37. The van der Waals surface area contributed by atoms with Crippen molar-refractivity contribution in [1.29, 1.82) is 0 Å². The number of ether oxygens (including phenoxy) is 1. The van der Waals surface area contributed by atoms with E-state index in [1.54, 1.807) is 4.90 Å². The van der Waals surface area contributed by atoms with Gasteiger partial charge in [-0.25, -0.2) is 4.99 Å². The van der Waals surface area contributed by atoms with Gasteiger partial charge in [-0.15, -0.1) is 0 Å². The Labute approximate surface area is 222 Å². The Morgan fingerprint density at radius 2 is 1.49 bits per heavy atom. The van der Waals surface area contributed by atoms with Crippen LogP contribution in [0.5, 0.6) is 5.75 Å². The summed E-state index contributed by atoms with van der Waals surface area (Å²) in [5, 5.41) is 0.635. The van der Waals surface area contributed by atoms with E-state index in [4.69, 9.17) is 9.73 Å². The summed E-state index contributed by atoms with van der Waals surface area (Å²) in [4.78, 5) is 20.4. The Kier molecular flexibility index (Phi) is 7.30. The second-order valence-electron chi connectivity index (χ2n) is 7.80. The molecule has 4 nitrogen and oxygen atoms in total. The number of nitrogens with zero attached hydrogens (tertiary/aromatic N) is 2. The standard InChI is InChI=1S/C29H21IN2O2S/c30-23-15-11-22(12-16-23)20-34-26-17-13-21(14-18-26)19-27-28(33)32(25-9-5-2-6-10-25)29(35-27)31-24-7-3-1-4-8-24/h1-19H,20H2/b27-19-,31-29?. The zero-order valence-corrected chi connectivity index (χ0v) is 21.6. The molecule has 0 saturated carbocycles. The van der Waals surface area contributed by atoms with Crippen LogP contribution < -0.4 is 9.64 Å². The lowest BCUT2D eigenvalue weighted by molar-refractivity contribution is -0.113. The van der Waals surface area contributed by atoms with Gasteiger partial charge in [-0.2, -0.15) is 0 Å². The fourth-order valence-corrected chi connectivity index (χ4v) is 4.89. The summed E-state index contributed by atoms with van der Waals surface area (Å²) in [7, 11) is 0. The van der Waals surface area contributed by atoms with Gasteiger partial charge in [-0.3, -0.25) is 9.69 Å². The Hall–Kier alpha value is -3.36. The van der Waals surface area contributed by atoms with Crippen LogP contribution >= 0.6 is 34.4 Å². The number of anilines is 1. The van der Waals surface area contributed by atoms with Gasteiger partial charge in [-0.1, -0.05) is 60.7 Å². The molecule has 0 unspecified atom stereocenters. The number of carbonyl (C=O) groups is 1. The van der Waals surface area contributed by atoms with E-state index in [9.17, 15) is 4.79 Å². The normalized spacial score (nSPS) is 15.7. The summed E-state index contributed by atoms with van der Waals surface area (Å²) >= 11 is 3.67. The van der Waals surface area contributed by atoms with Crippen LogP contribution in [0.2, 0.25) is 0 Å². The summed E-state index contributed by atoms with van der Waals surface area (Å²) in [6, 6.07) is 35.3. The summed E-state index contributed by atoms with van der Waals surface area (Å²) in [6.45, 7) is 0.511. The first kappa shape index (κ1) is 23.4. The van der Waals surface area contributed by atoms with E-state index in [0.717, 1.165) is 28.3 Å². The van der Waals surface area contributed by atoms with Crippen molar-refractivity contribution in [2.24, 2.45) is 4.99 Å². The maximum absolute atomic E-state index is 13.4. The molecule has 0 spiro atoms. The summed E-state index contributed by atoms with van der Waals surface area (Å²) in [5.41, 5.74) is 3.65. The highest BCUT2D eigenvalue weighted by Gasteiger charge is 2.34. The lowest BCUT2D eigenvalue weighted by Crippen LogP contribution is -2.28. The van der Waals surface area contributed by atoms with Crippen LogP contribution in [0.1, 0.15) is 11.1 Å². The van der Waals surface area contributed by atoms with Gasteiger partial charge in [-0.05, 0) is 100 Å². The number of rotatable bonds is 6. The van der Waals surface area contributed by atoms with Crippen molar-refractivity contribution in [2.45, 2.75) is 6.61 Å². The third kappa shape index (κ3) is 5.83. The molecule has 4 aromatic rings. The molecule has 0 aliphatic carbocycles. The molecule has 5 rings (SSSR count). The van der Waals surface area contributed by atoms with Gasteiger partial charge in [0, 0.05) is 3.57 Å². The molecule has 1 amide bonds. The largest absolute Gasteiger partial charge is 0.489 e. The van der Waals surface area contributed by atoms with Crippen LogP contribution in [0.15, 0.2) is 119 Å². The number of hydrogen-bond donors (Lipinski definition) is 0. The molecule has 35 heavy (non-hydrogen) atoms. The first-order valence-corrected chi connectivity index (χ1v) is 13.0. The number of halogens is 1. The average molecular weight is 588 g/mol. The first-order chi connectivity index (χ1) is 17.2. The number of aliphatic imine (C=N–C) groups is 1. The maximum Gasteiger partial charge on any atom is 0.271 e. The molecule has 4 aromatic carbocycles. The number of para-hydroxylation sites is 2. The SMILES string of the molecule is O=C1/C(=C/c2ccc(OCc3ccc(I)cc3)cc2)SC(=Nc2ccccc2)N1c1ccccc1. The van der Waals surface area contributed by atoms with Gasteiger partial charge in [0.05, 0.1) is 16.3 Å². The predicted molar refractivity (Wildman–Crippen MR) is 153 cm³/mol. The van der Waals surface area contributed by atoms with E-state index in [1.165, 1.54) is 15.3 Å². The molecule has 0 N–H and O–H groups in total. The van der Waals surface area contributed by atoms with Crippen molar-refractivity contribution in [3.05, 3.63) is 129 Å². The molecule has 0 bridgehead atoms. The van der Waals surface area contributed by atoms with E-state index in [2.05, 4.69) is 46.9 Å². The maximum atomic E-state index is 13.4. The topological polar surface area (TPSA) is 41.9 Å². The second kappa shape index (κ2) is 10.9. The zero-order valence-electron chi connectivity index (χ0n) is 18.7. The van der Waals surface area contributed by atoms with Gasteiger partial charge in [0.1, 0.15) is 12.4 Å². The molecule has 0 radical (unpaired) electrons. The monoisotopic (exact) mass is 588 g/mol. The van der Waals surface area contributed by atoms with E-state index in [0.29, 0.717) is 16.7 Å². The highest BCUT2D eigenvalue weighted by atomic mass is 127. The first-order valence-electron chi connectivity index (χ1n) is 11.1. The fourth-order valence-electron chi connectivity index (χ4n) is 3.53. The Morgan fingerprint density at radius 3 is 2.17 bits per heavy atom. The molecule has 1 saturated heterocycles. The Morgan fingerprint density at radius 1 is 0.829 bits per heavy atom. The van der Waals surface area contributed by atoms with Crippen molar-refractivity contribution in [3.63, 3.8) is 0 Å². The lowest BCUT2D eigenvalue weighted by Gasteiger charge is -2.15. The van der Waals surface area contributed by atoms with E-state index in [-0.39, 0.29) is 5.91 Å². The highest BCUT2D eigenvalue weighted by molar-refractivity contribution is 14.1. The van der Waals surface area contributed by atoms with Crippen LogP contribution in [-0.2, 0) is 11.4 Å². The van der Waals surface area contributed by atoms with Crippen LogP contribution in [0.25, 0.3) is 6.08 Å². The van der Waals surface area contributed by atoms with E-state index < -0.39 is 0 Å². The summed E-state index contributed by atoms with van der Waals surface area (Å²) < 4.78 is 7.11. The van der Waals surface area contributed by atoms with Crippen molar-refractivity contribution in [2.75, 3.05) is 4.90 Å². The number of amides is 1. The average Bonchev–Trinajstić information content (AvgIpc) is 3.19. The van der Waals surface area contributed by atoms with Gasteiger partial charge in [0.15, 0.2) is 5.17 Å². The minimum atomic E-state index is -0.0880. The smallest absolute Gasteiger partial charge is 0.271 e. The molecule has 1 aliphatic rings. The van der Waals surface area contributed by atoms with E-state index in [1.807, 2.05) is 91.0 Å². The Balaban J connectivity index is 1.36. The second-order valence-corrected chi connectivity index (χ2v) is 10.1. The summed E-state index contributed by atoms with van der Waals surface area (Å²) in [5.74, 6) is 0.697. The van der Waals surface area contributed by atoms with Crippen molar-refractivity contribution < 1.29 is 9.53 Å². The molecule has 1 fully saturated rings. The van der Waals surface area contributed by atoms with Crippen molar-refractivity contribution >= 4 is 62.9 Å². The summed E-state index contributed by atoms with van der Waals surface area (Å²) in [6.07, 6.45) is 1.90. The number of carbonyl (C=O) groups excluding carboxylic acids is 1. The van der Waals surface area contributed by atoms with Crippen LogP contribution in [0.3, 0.4) is 0 Å². The minimum Gasteiger partial charge on any atom is -0.489 e. The fraction of sp³-hybridized carbons (Fsp3) is 0.0345. The number of benzene rings is 4. The quantitative estimate of drug-likeness (QED) is 0.172. The molecular formula is C29H21IN2O2S. The number of amidine groups is 1. The van der Waals surface area contributed by atoms with Gasteiger partial charge >= 0.3 is 0 Å². The predicted octanol–water partition coefficient (Wildman–Crippen LogP) is 7.68. The Bertz CT molecular complexity index is 1370. The van der Waals surface area contributed by atoms with Crippen LogP contribution in [0, 0.1) is 3.57 Å². The lowest BCUT2D eigenvalue weighted by atomic mass is 10.2. The molecule has 0 atom stereocenters. The van der Waals surface area contributed by atoms with Crippen LogP contribution in [-0.4, -0.2) is 11.1 Å². The van der Waals surface area contributed by atoms with Crippen molar-refractivity contribution in [1.82, 2.24) is 0 Å². The minimum absolute atomic E-state index is 0.0880. The molecule has 6 heteroatoms. The number of thioether (sulfide) groups is 1. The molecule has 1 heterocycles. The van der Waals surface area contributed by atoms with Gasteiger partial charge in [0.2, 0.25) is 0 Å². The third-order valence-corrected chi connectivity index (χ3v) is 6.99. The molecule has 172 valence electrons. The van der Waals surface area contributed by atoms with E-state index >= 15 is 0 Å². The van der Waals surface area contributed by atoms with Gasteiger partial charge < -0.3 is 4.74 Å². The third-order valence-electron chi connectivity index (χ3n) is 5.30. The molecule has 0 aromatic heterocycles. The molecule has 1 aliphatic heterocycles. The molecular weight excluding hydrogens is 567 g/mol. The van der Waals surface area contributed by atoms with Gasteiger partial charge in [0.25, 0.3) is 5.91 Å².